The van der Waals surface area contributed by atoms with Crippen molar-refractivity contribution < 1.29 is 24.0 Å². The van der Waals surface area contributed by atoms with Crippen molar-refractivity contribution in [2.24, 2.45) is 0 Å². The third-order valence-electron chi connectivity index (χ3n) is 4.59. The van der Waals surface area contributed by atoms with Crippen molar-refractivity contribution in [2.75, 3.05) is 11.9 Å². The number of hydrogen-bond acceptors (Lipinski definition) is 6. The fraction of sp³-hybridized carbons (Fsp3) is 0.0870. The SMILES string of the molecule is Cc1cc(Cl)ccc1NC(=O)COC(=O)c1ccccc1C(=O)c1ccc(Cl)c([N+](=O)[O-])c1. The van der Waals surface area contributed by atoms with E-state index in [0.29, 0.717) is 10.7 Å². The van der Waals surface area contributed by atoms with Crippen LogP contribution >= 0.6 is 23.2 Å². The van der Waals surface area contributed by atoms with E-state index >= 15 is 0 Å². The van der Waals surface area contributed by atoms with Gasteiger partial charge in [0.15, 0.2) is 12.4 Å². The molecular weight excluding hydrogens is 471 g/mol. The molecule has 0 atom stereocenters. The minimum absolute atomic E-state index is 0.0256. The van der Waals surface area contributed by atoms with Crippen molar-refractivity contribution in [3.63, 3.8) is 0 Å². The quantitative estimate of drug-likeness (QED) is 0.211. The first-order valence-corrected chi connectivity index (χ1v) is 10.2. The number of anilines is 1. The highest BCUT2D eigenvalue weighted by molar-refractivity contribution is 6.33. The Hall–Kier alpha value is -3.75. The first-order chi connectivity index (χ1) is 15.7. The molecule has 10 heteroatoms. The molecule has 0 radical (unpaired) electrons. The van der Waals surface area contributed by atoms with Gasteiger partial charge in [-0.1, -0.05) is 41.4 Å². The predicted molar refractivity (Wildman–Crippen MR) is 123 cm³/mol. The Morgan fingerprint density at radius 1 is 1.00 bits per heavy atom. The number of aryl methyl sites for hydroxylation is 1. The number of nitrogens with zero attached hydrogens (tertiary/aromatic N) is 1. The zero-order valence-electron chi connectivity index (χ0n) is 17.1. The smallest absolute Gasteiger partial charge is 0.339 e. The van der Waals surface area contributed by atoms with Crippen LogP contribution in [0.3, 0.4) is 0 Å². The second-order valence-electron chi connectivity index (χ2n) is 6.88. The van der Waals surface area contributed by atoms with Crippen LogP contribution in [0.25, 0.3) is 0 Å². The molecule has 0 bridgehead atoms. The van der Waals surface area contributed by atoms with Crippen LogP contribution in [-0.2, 0) is 9.53 Å². The summed E-state index contributed by atoms with van der Waals surface area (Å²) in [6.07, 6.45) is 0. The summed E-state index contributed by atoms with van der Waals surface area (Å²) in [4.78, 5) is 48.1. The number of benzene rings is 3. The van der Waals surface area contributed by atoms with Crippen LogP contribution in [0.1, 0.15) is 31.8 Å². The topological polar surface area (TPSA) is 116 Å². The maximum Gasteiger partial charge on any atom is 0.339 e. The van der Waals surface area contributed by atoms with Crippen molar-refractivity contribution in [1.82, 2.24) is 0 Å². The van der Waals surface area contributed by atoms with Crippen LogP contribution in [0.4, 0.5) is 11.4 Å². The molecule has 168 valence electrons. The summed E-state index contributed by atoms with van der Waals surface area (Å²) in [5.74, 6) is -2.11. The molecule has 0 fully saturated rings. The molecule has 0 aliphatic carbocycles. The highest BCUT2D eigenvalue weighted by atomic mass is 35.5. The molecule has 0 aromatic heterocycles. The van der Waals surface area contributed by atoms with Crippen LogP contribution in [0, 0.1) is 17.0 Å². The number of ether oxygens (including phenoxy) is 1. The summed E-state index contributed by atoms with van der Waals surface area (Å²) >= 11 is 11.7. The number of hydrogen-bond donors (Lipinski definition) is 1. The Balaban J connectivity index is 1.75. The Kier molecular flexibility index (Phi) is 7.42. The van der Waals surface area contributed by atoms with E-state index in [1.165, 1.54) is 36.4 Å². The number of rotatable bonds is 7. The van der Waals surface area contributed by atoms with Crippen molar-refractivity contribution >= 4 is 52.2 Å². The first kappa shape index (κ1) is 23.9. The van der Waals surface area contributed by atoms with Gasteiger partial charge >= 0.3 is 5.97 Å². The molecule has 0 saturated heterocycles. The third kappa shape index (κ3) is 5.74. The minimum atomic E-state index is -0.898. The molecule has 1 N–H and O–H groups in total. The van der Waals surface area contributed by atoms with Gasteiger partial charge in [-0.3, -0.25) is 19.7 Å². The molecule has 3 rings (SSSR count). The lowest BCUT2D eigenvalue weighted by Crippen LogP contribution is -2.22. The Morgan fingerprint density at radius 2 is 1.70 bits per heavy atom. The number of nitrogens with one attached hydrogen (secondary N) is 1. The molecule has 0 unspecified atom stereocenters. The molecule has 0 saturated carbocycles. The fourth-order valence-electron chi connectivity index (χ4n) is 2.97. The lowest BCUT2D eigenvalue weighted by molar-refractivity contribution is -0.384. The second kappa shape index (κ2) is 10.2. The van der Waals surface area contributed by atoms with Crippen molar-refractivity contribution in [3.8, 4) is 0 Å². The standard InChI is InChI=1S/C23H16Cl2N2O6/c1-13-10-15(24)7-9-19(13)26-21(28)12-33-23(30)17-5-3-2-4-16(17)22(29)14-6-8-18(25)20(11-14)27(31)32/h2-11H,12H2,1H3,(H,26,28). The van der Waals surface area contributed by atoms with Crippen LogP contribution in [0.15, 0.2) is 60.7 Å². The average molecular weight is 487 g/mol. The van der Waals surface area contributed by atoms with Crippen LogP contribution in [-0.4, -0.2) is 29.2 Å². The number of halogens is 2. The summed E-state index contributed by atoms with van der Waals surface area (Å²) in [5.41, 5.74) is 0.665. The number of ketones is 1. The van der Waals surface area contributed by atoms with Gasteiger partial charge in [0.05, 0.1) is 10.5 Å². The van der Waals surface area contributed by atoms with E-state index < -0.39 is 34.9 Å². The summed E-state index contributed by atoms with van der Waals surface area (Å²) in [5, 5.41) is 14.1. The van der Waals surface area contributed by atoms with Crippen molar-refractivity contribution in [1.29, 1.82) is 0 Å². The summed E-state index contributed by atoms with van der Waals surface area (Å²) in [6.45, 7) is 1.17. The van der Waals surface area contributed by atoms with Crippen LogP contribution in [0.2, 0.25) is 10.0 Å². The number of carbonyl (C=O) groups excluding carboxylic acids is 3. The molecule has 8 nitrogen and oxygen atoms in total. The molecule has 3 aromatic carbocycles. The van der Waals surface area contributed by atoms with E-state index in [-0.39, 0.29) is 21.7 Å². The van der Waals surface area contributed by atoms with E-state index in [2.05, 4.69) is 5.32 Å². The summed E-state index contributed by atoms with van der Waals surface area (Å²) in [7, 11) is 0. The van der Waals surface area contributed by atoms with Crippen LogP contribution < -0.4 is 5.32 Å². The largest absolute Gasteiger partial charge is 0.452 e. The van der Waals surface area contributed by atoms with Crippen molar-refractivity contribution in [2.45, 2.75) is 6.92 Å². The summed E-state index contributed by atoms with van der Waals surface area (Å²) in [6, 6.07) is 14.3. The Morgan fingerprint density at radius 3 is 2.36 bits per heavy atom. The number of nitro benzene ring substituents is 1. The van der Waals surface area contributed by atoms with Gasteiger partial charge in [-0.05, 0) is 48.9 Å². The zero-order chi connectivity index (χ0) is 24.1. The maximum absolute atomic E-state index is 12.9. The lowest BCUT2D eigenvalue weighted by Gasteiger charge is -2.11. The van der Waals surface area contributed by atoms with Crippen molar-refractivity contribution in [3.05, 3.63) is 103 Å². The van der Waals surface area contributed by atoms with Gasteiger partial charge in [-0.25, -0.2) is 4.79 Å². The van der Waals surface area contributed by atoms with Gasteiger partial charge in [0.1, 0.15) is 5.02 Å². The molecular formula is C23H16Cl2N2O6. The van der Waals surface area contributed by atoms with Crippen LogP contribution in [0.5, 0.6) is 0 Å². The Bertz CT molecular complexity index is 1280. The van der Waals surface area contributed by atoms with Gasteiger partial charge < -0.3 is 10.1 Å². The molecule has 0 heterocycles. The predicted octanol–water partition coefficient (Wildman–Crippen LogP) is 5.24. The number of carbonyl (C=O) groups is 3. The van der Waals surface area contributed by atoms with Gasteiger partial charge in [-0.2, -0.15) is 0 Å². The molecule has 0 spiro atoms. The van der Waals surface area contributed by atoms with Gasteiger partial charge in [-0.15, -0.1) is 0 Å². The van der Waals surface area contributed by atoms with E-state index in [9.17, 15) is 24.5 Å². The minimum Gasteiger partial charge on any atom is -0.452 e. The van der Waals surface area contributed by atoms with Gasteiger partial charge in [0.25, 0.3) is 11.6 Å². The highest BCUT2D eigenvalue weighted by Crippen LogP contribution is 2.27. The third-order valence-corrected chi connectivity index (χ3v) is 5.15. The van der Waals surface area contributed by atoms with E-state index in [0.717, 1.165) is 11.6 Å². The summed E-state index contributed by atoms with van der Waals surface area (Å²) < 4.78 is 5.07. The zero-order valence-corrected chi connectivity index (χ0v) is 18.6. The van der Waals surface area contributed by atoms with Gasteiger partial charge in [0, 0.05) is 27.9 Å². The average Bonchev–Trinajstić information content (AvgIpc) is 2.79. The molecule has 3 aromatic rings. The molecule has 0 aliphatic rings. The maximum atomic E-state index is 12.9. The van der Waals surface area contributed by atoms with Gasteiger partial charge in [0.2, 0.25) is 0 Å². The molecule has 0 aliphatic heterocycles. The fourth-order valence-corrected chi connectivity index (χ4v) is 3.38. The normalized spacial score (nSPS) is 10.4. The van der Waals surface area contributed by atoms with E-state index in [4.69, 9.17) is 27.9 Å². The highest BCUT2D eigenvalue weighted by Gasteiger charge is 2.22. The lowest BCUT2D eigenvalue weighted by atomic mass is 9.98. The number of esters is 1. The monoisotopic (exact) mass is 486 g/mol. The Labute approximate surface area is 198 Å². The first-order valence-electron chi connectivity index (χ1n) is 9.48. The molecule has 33 heavy (non-hydrogen) atoms. The molecule has 1 amide bonds. The number of nitro groups is 1. The van der Waals surface area contributed by atoms with E-state index in [1.54, 1.807) is 25.1 Å². The number of amides is 1. The second-order valence-corrected chi connectivity index (χ2v) is 7.73. The van der Waals surface area contributed by atoms with E-state index in [1.807, 2.05) is 0 Å².